The van der Waals surface area contributed by atoms with Crippen molar-refractivity contribution >= 4 is 11.6 Å². The van der Waals surface area contributed by atoms with E-state index in [1.165, 1.54) is 12.1 Å². The Bertz CT molecular complexity index is 581. The zero-order valence-corrected chi connectivity index (χ0v) is 12.2. The van der Waals surface area contributed by atoms with Crippen molar-refractivity contribution in [3.63, 3.8) is 0 Å². The van der Waals surface area contributed by atoms with E-state index < -0.39 is 6.61 Å². The van der Waals surface area contributed by atoms with Crippen LogP contribution in [0, 0.1) is 0 Å². The van der Waals surface area contributed by atoms with Gasteiger partial charge in [0, 0.05) is 26.8 Å². The lowest BCUT2D eigenvalue weighted by molar-refractivity contribution is -0.0498. The van der Waals surface area contributed by atoms with Gasteiger partial charge in [-0.3, -0.25) is 0 Å². The second-order valence-electron chi connectivity index (χ2n) is 4.76. The van der Waals surface area contributed by atoms with Crippen molar-refractivity contribution in [2.75, 3.05) is 24.3 Å². The predicted octanol–water partition coefficient (Wildman–Crippen LogP) is 2.70. The second-order valence-corrected chi connectivity index (χ2v) is 4.76. The molecule has 1 N–H and O–H groups in total. The normalized spacial score (nSPS) is 10.8. The highest BCUT2D eigenvalue weighted by Crippen LogP contribution is 2.19. The number of alkyl halides is 2. The molecule has 0 atom stereocenters. The number of imidazole rings is 1. The van der Waals surface area contributed by atoms with E-state index in [1.807, 2.05) is 30.6 Å². The molecule has 0 unspecified atom stereocenters. The van der Waals surface area contributed by atoms with Crippen LogP contribution >= 0.6 is 0 Å². The number of nitrogens with zero attached hydrogens (tertiary/aromatic N) is 3. The van der Waals surface area contributed by atoms with Crippen LogP contribution in [-0.4, -0.2) is 30.3 Å². The van der Waals surface area contributed by atoms with E-state index in [2.05, 4.69) is 15.0 Å². The summed E-state index contributed by atoms with van der Waals surface area (Å²) in [4.78, 5) is 6.25. The Morgan fingerprint density at radius 1 is 1.29 bits per heavy atom. The third-order valence-electron chi connectivity index (χ3n) is 3.01. The number of hydrogen-bond acceptors (Lipinski definition) is 4. The van der Waals surface area contributed by atoms with Crippen molar-refractivity contribution in [3.8, 4) is 5.75 Å². The molecule has 2 rings (SSSR count). The molecule has 0 aliphatic carbocycles. The van der Waals surface area contributed by atoms with Gasteiger partial charge in [-0.25, -0.2) is 4.98 Å². The van der Waals surface area contributed by atoms with Crippen LogP contribution in [0.1, 0.15) is 5.69 Å². The number of halogens is 2. The molecule has 5 nitrogen and oxygen atoms in total. The topological polar surface area (TPSA) is 42.3 Å². The first-order valence-corrected chi connectivity index (χ1v) is 6.44. The Balaban J connectivity index is 1.97. The molecular formula is C14H18F2N4O. The van der Waals surface area contributed by atoms with E-state index in [0.29, 0.717) is 6.54 Å². The molecule has 2 aromatic rings. The minimum absolute atomic E-state index is 0.144. The molecule has 0 aliphatic heterocycles. The minimum atomic E-state index is -2.80. The molecule has 21 heavy (non-hydrogen) atoms. The first-order valence-electron chi connectivity index (χ1n) is 6.44. The van der Waals surface area contributed by atoms with Crippen molar-refractivity contribution in [3.05, 3.63) is 36.2 Å². The fourth-order valence-electron chi connectivity index (χ4n) is 1.96. The first-order chi connectivity index (χ1) is 9.97. The number of anilines is 2. The molecule has 0 saturated carbocycles. The van der Waals surface area contributed by atoms with Crippen LogP contribution in [0.15, 0.2) is 30.5 Å². The van der Waals surface area contributed by atoms with Gasteiger partial charge in [0.05, 0.1) is 18.4 Å². The number of nitrogens with one attached hydrogen (secondary N) is 1. The third kappa shape index (κ3) is 3.84. The fourth-order valence-corrected chi connectivity index (χ4v) is 1.96. The fraction of sp³-hybridized carbons (Fsp3) is 0.357. The Morgan fingerprint density at radius 3 is 2.48 bits per heavy atom. The third-order valence-corrected chi connectivity index (χ3v) is 3.01. The Labute approximate surface area is 122 Å². The van der Waals surface area contributed by atoms with Crippen LogP contribution in [0.25, 0.3) is 0 Å². The SMILES string of the molecule is CN(C)c1ncc(CNc2ccc(OC(F)F)cc2)n1C. The molecule has 1 aromatic carbocycles. The summed E-state index contributed by atoms with van der Waals surface area (Å²) >= 11 is 0. The van der Waals surface area contributed by atoms with Crippen molar-refractivity contribution in [1.29, 1.82) is 0 Å². The van der Waals surface area contributed by atoms with Crippen LogP contribution in [0.4, 0.5) is 20.4 Å². The molecule has 0 amide bonds. The molecule has 114 valence electrons. The van der Waals surface area contributed by atoms with Crippen LogP contribution < -0.4 is 15.0 Å². The maximum atomic E-state index is 12.1. The minimum Gasteiger partial charge on any atom is -0.435 e. The predicted molar refractivity (Wildman–Crippen MR) is 77.9 cm³/mol. The molecule has 1 heterocycles. The number of hydrogen-bond donors (Lipinski definition) is 1. The highest BCUT2D eigenvalue weighted by molar-refractivity contribution is 5.46. The van der Waals surface area contributed by atoms with E-state index in [1.54, 1.807) is 18.3 Å². The molecule has 0 bridgehead atoms. The van der Waals surface area contributed by atoms with E-state index in [9.17, 15) is 8.78 Å². The molecular weight excluding hydrogens is 278 g/mol. The lowest BCUT2D eigenvalue weighted by Crippen LogP contribution is -2.15. The van der Waals surface area contributed by atoms with Gasteiger partial charge in [0.25, 0.3) is 0 Å². The number of rotatable bonds is 6. The molecule has 1 aromatic heterocycles. The number of aromatic nitrogens is 2. The first kappa shape index (κ1) is 15.1. The zero-order valence-electron chi connectivity index (χ0n) is 12.2. The second kappa shape index (κ2) is 6.43. The number of benzene rings is 1. The summed E-state index contributed by atoms with van der Waals surface area (Å²) in [6.45, 7) is -2.21. The lowest BCUT2D eigenvalue weighted by atomic mass is 10.3. The van der Waals surface area contributed by atoms with Crippen molar-refractivity contribution in [2.45, 2.75) is 13.2 Å². The van der Waals surface area contributed by atoms with Crippen molar-refractivity contribution < 1.29 is 13.5 Å². The van der Waals surface area contributed by atoms with Gasteiger partial charge in [0.2, 0.25) is 5.95 Å². The van der Waals surface area contributed by atoms with E-state index in [4.69, 9.17) is 0 Å². The standard InChI is InChI=1S/C14H18F2N4O/c1-19(2)14-18-9-11(20(14)3)8-17-10-4-6-12(7-5-10)21-13(15)16/h4-7,9,13,17H,8H2,1-3H3. The Morgan fingerprint density at radius 2 is 1.95 bits per heavy atom. The quantitative estimate of drug-likeness (QED) is 0.890. The molecule has 7 heteroatoms. The summed E-state index contributed by atoms with van der Waals surface area (Å²) in [5.74, 6) is 1.01. The van der Waals surface area contributed by atoms with Crippen molar-refractivity contribution in [1.82, 2.24) is 9.55 Å². The summed E-state index contributed by atoms with van der Waals surface area (Å²) in [5, 5.41) is 3.21. The van der Waals surface area contributed by atoms with Crippen LogP contribution in [0.3, 0.4) is 0 Å². The van der Waals surface area contributed by atoms with E-state index in [-0.39, 0.29) is 5.75 Å². The highest BCUT2D eigenvalue weighted by Gasteiger charge is 2.08. The van der Waals surface area contributed by atoms with E-state index in [0.717, 1.165) is 17.3 Å². The van der Waals surface area contributed by atoms with Gasteiger partial charge in [0.15, 0.2) is 0 Å². The van der Waals surface area contributed by atoms with Gasteiger partial charge in [-0.05, 0) is 24.3 Å². The monoisotopic (exact) mass is 296 g/mol. The highest BCUT2D eigenvalue weighted by atomic mass is 19.3. The van der Waals surface area contributed by atoms with Crippen LogP contribution in [0.5, 0.6) is 5.75 Å². The van der Waals surface area contributed by atoms with Crippen molar-refractivity contribution in [2.24, 2.45) is 7.05 Å². The Kier molecular flexibility index (Phi) is 4.62. The van der Waals surface area contributed by atoms with Crippen LogP contribution in [-0.2, 0) is 13.6 Å². The molecule has 0 saturated heterocycles. The van der Waals surface area contributed by atoms with Gasteiger partial charge in [-0.2, -0.15) is 8.78 Å². The molecule has 0 spiro atoms. The van der Waals surface area contributed by atoms with E-state index >= 15 is 0 Å². The molecule has 0 fully saturated rings. The van der Waals surface area contributed by atoms with Crippen LogP contribution in [0.2, 0.25) is 0 Å². The average molecular weight is 296 g/mol. The molecule has 0 radical (unpaired) electrons. The largest absolute Gasteiger partial charge is 0.435 e. The maximum absolute atomic E-state index is 12.1. The molecule has 0 aliphatic rings. The summed E-state index contributed by atoms with van der Waals surface area (Å²) in [7, 11) is 5.81. The maximum Gasteiger partial charge on any atom is 0.387 e. The summed E-state index contributed by atoms with van der Waals surface area (Å²) in [6, 6.07) is 6.40. The van der Waals surface area contributed by atoms with Gasteiger partial charge in [-0.15, -0.1) is 0 Å². The zero-order chi connectivity index (χ0) is 15.4. The van der Waals surface area contributed by atoms with Gasteiger partial charge in [0.1, 0.15) is 5.75 Å². The van der Waals surface area contributed by atoms with Gasteiger partial charge < -0.3 is 19.5 Å². The summed E-state index contributed by atoms with van der Waals surface area (Å²) in [5.41, 5.74) is 1.84. The lowest BCUT2D eigenvalue weighted by Gasteiger charge is -2.13. The average Bonchev–Trinajstić information content (AvgIpc) is 2.79. The smallest absolute Gasteiger partial charge is 0.387 e. The summed E-state index contributed by atoms with van der Waals surface area (Å²) in [6.07, 6.45) is 1.80. The summed E-state index contributed by atoms with van der Waals surface area (Å²) < 4.78 is 30.4. The van der Waals surface area contributed by atoms with Gasteiger partial charge >= 0.3 is 6.61 Å². The van der Waals surface area contributed by atoms with Gasteiger partial charge in [-0.1, -0.05) is 0 Å². The Hall–Kier alpha value is -2.31. The number of ether oxygens (including phenoxy) is 1.